The van der Waals surface area contributed by atoms with Crippen molar-refractivity contribution in [2.75, 3.05) is 44.4 Å². The third-order valence-electron chi connectivity index (χ3n) is 6.01. The first kappa shape index (κ1) is 18.1. The molecule has 142 valence electrons. The van der Waals surface area contributed by atoms with Crippen molar-refractivity contribution in [1.82, 2.24) is 15.2 Å². The predicted octanol–water partition coefficient (Wildman–Crippen LogP) is 1.78. The van der Waals surface area contributed by atoms with E-state index in [1.54, 1.807) is 0 Å². The highest BCUT2D eigenvalue weighted by molar-refractivity contribution is 7.99. The second kappa shape index (κ2) is 7.37. The molecule has 0 aromatic carbocycles. The molecule has 1 aromatic heterocycles. The molecule has 2 aliphatic heterocycles. The van der Waals surface area contributed by atoms with Gasteiger partial charge in [0, 0.05) is 48.6 Å². The van der Waals surface area contributed by atoms with Gasteiger partial charge in [-0.25, -0.2) is 0 Å². The van der Waals surface area contributed by atoms with Gasteiger partial charge in [0.1, 0.15) is 5.69 Å². The van der Waals surface area contributed by atoms with E-state index in [1.807, 2.05) is 18.7 Å². The van der Waals surface area contributed by atoms with Crippen molar-refractivity contribution in [1.29, 1.82) is 0 Å². The summed E-state index contributed by atoms with van der Waals surface area (Å²) in [6, 6.07) is 0. The van der Waals surface area contributed by atoms with Crippen LogP contribution in [0.25, 0.3) is 0 Å². The predicted molar refractivity (Wildman–Crippen MR) is 102 cm³/mol. The fourth-order valence-electron chi connectivity index (χ4n) is 4.47. The van der Waals surface area contributed by atoms with E-state index in [1.165, 1.54) is 0 Å². The Kier molecular flexibility index (Phi) is 5.12. The maximum atomic E-state index is 12.9. The largest absolute Gasteiger partial charge is 0.379 e. The van der Waals surface area contributed by atoms with Gasteiger partial charge in [-0.1, -0.05) is 0 Å². The van der Waals surface area contributed by atoms with Crippen molar-refractivity contribution >= 4 is 23.5 Å². The van der Waals surface area contributed by atoms with Crippen LogP contribution in [0.1, 0.15) is 51.4 Å². The van der Waals surface area contributed by atoms with E-state index in [4.69, 9.17) is 4.74 Å². The van der Waals surface area contributed by atoms with Crippen molar-refractivity contribution in [3.8, 4) is 0 Å². The first-order valence-electron chi connectivity index (χ1n) is 9.54. The van der Waals surface area contributed by atoms with Gasteiger partial charge in [0.2, 0.25) is 0 Å². The normalized spacial score (nSPS) is 26.7. The Bertz CT molecular complexity index is 703. The molecule has 7 heteroatoms. The molecule has 1 unspecified atom stereocenters. The number of H-pyrrole nitrogens is 1. The van der Waals surface area contributed by atoms with E-state index >= 15 is 0 Å². The van der Waals surface area contributed by atoms with Crippen LogP contribution < -0.4 is 5.32 Å². The minimum atomic E-state index is -0.0887. The van der Waals surface area contributed by atoms with Crippen molar-refractivity contribution < 1.29 is 14.3 Å². The van der Waals surface area contributed by atoms with Crippen LogP contribution in [-0.4, -0.2) is 71.5 Å². The van der Waals surface area contributed by atoms with Crippen LogP contribution in [0.15, 0.2) is 0 Å². The molecule has 2 N–H and O–H groups in total. The molecule has 0 saturated carbocycles. The number of morpholine rings is 1. The number of Topliss-reactive ketones (excluding diaryl/α,β-unsaturated/α-hetero) is 1. The molecule has 2 saturated heterocycles. The Hall–Kier alpha value is -1.31. The number of nitrogens with zero attached hydrogens (tertiary/aromatic N) is 1. The van der Waals surface area contributed by atoms with Crippen molar-refractivity contribution in [2.45, 2.75) is 38.1 Å². The first-order chi connectivity index (χ1) is 12.6. The fraction of sp³-hybridized carbons (Fsp3) is 0.684. The summed E-state index contributed by atoms with van der Waals surface area (Å²) in [6.07, 6.45) is 3.40. The van der Waals surface area contributed by atoms with Gasteiger partial charge in [-0.2, -0.15) is 11.8 Å². The van der Waals surface area contributed by atoms with E-state index in [2.05, 4.69) is 15.2 Å². The number of fused-ring (bicyclic) bond motifs is 1. The third-order valence-corrected chi connectivity index (χ3v) is 7.24. The Labute approximate surface area is 158 Å². The fourth-order valence-corrected chi connectivity index (χ4v) is 5.95. The number of rotatable bonds is 4. The van der Waals surface area contributed by atoms with E-state index in [-0.39, 0.29) is 17.2 Å². The van der Waals surface area contributed by atoms with E-state index in [0.717, 1.165) is 73.9 Å². The molecule has 6 nitrogen and oxygen atoms in total. The van der Waals surface area contributed by atoms with Gasteiger partial charge in [-0.15, -0.1) is 0 Å². The van der Waals surface area contributed by atoms with Gasteiger partial charge in [-0.05, 0) is 37.5 Å². The van der Waals surface area contributed by atoms with Gasteiger partial charge in [0.15, 0.2) is 5.78 Å². The summed E-state index contributed by atoms with van der Waals surface area (Å²) in [5.74, 6) is 2.26. The molecule has 1 aromatic rings. The van der Waals surface area contributed by atoms with E-state index in [9.17, 15) is 9.59 Å². The number of carbonyl (C=O) groups excluding carboxylic acids is 2. The minimum absolute atomic E-state index is 0.0278. The zero-order valence-electron chi connectivity index (χ0n) is 15.4. The number of amides is 1. The lowest BCUT2D eigenvalue weighted by Gasteiger charge is -2.43. The smallest absolute Gasteiger partial charge is 0.268 e. The molecule has 1 amide bonds. The second-order valence-corrected chi connectivity index (χ2v) is 8.67. The van der Waals surface area contributed by atoms with Crippen molar-refractivity contribution in [3.05, 3.63) is 22.5 Å². The number of hydrogen-bond acceptors (Lipinski definition) is 5. The number of carbonyl (C=O) groups is 2. The zero-order chi connectivity index (χ0) is 18.1. The van der Waals surface area contributed by atoms with Crippen LogP contribution in [0.2, 0.25) is 0 Å². The Morgan fingerprint density at radius 2 is 2.15 bits per heavy atom. The average molecular weight is 378 g/mol. The molecule has 0 radical (unpaired) electrons. The van der Waals surface area contributed by atoms with Crippen LogP contribution in [0.4, 0.5) is 0 Å². The monoisotopic (exact) mass is 377 g/mol. The highest BCUT2D eigenvalue weighted by atomic mass is 32.2. The summed E-state index contributed by atoms with van der Waals surface area (Å²) in [4.78, 5) is 30.8. The molecule has 4 rings (SSSR count). The van der Waals surface area contributed by atoms with Gasteiger partial charge in [0.05, 0.1) is 13.2 Å². The SMILES string of the molecule is Cc1c(C(=O)NCC2(N3CCOCC3)CCSC2)[nH]c2c1C(=O)CCC2. The van der Waals surface area contributed by atoms with Crippen LogP contribution in [0.3, 0.4) is 0 Å². The number of ether oxygens (including phenoxy) is 1. The molecule has 2 fully saturated rings. The second-order valence-electron chi connectivity index (χ2n) is 7.56. The Morgan fingerprint density at radius 3 is 2.85 bits per heavy atom. The molecule has 1 aliphatic carbocycles. The van der Waals surface area contributed by atoms with Gasteiger partial charge in [0.25, 0.3) is 5.91 Å². The maximum Gasteiger partial charge on any atom is 0.268 e. The van der Waals surface area contributed by atoms with Crippen LogP contribution >= 0.6 is 11.8 Å². The van der Waals surface area contributed by atoms with Crippen LogP contribution in [0, 0.1) is 6.92 Å². The summed E-state index contributed by atoms with van der Waals surface area (Å²) < 4.78 is 5.50. The molecular weight excluding hydrogens is 350 g/mol. The number of aromatic amines is 1. The molecule has 1 atom stereocenters. The first-order valence-corrected chi connectivity index (χ1v) is 10.7. The molecule has 0 spiro atoms. The van der Waals surface area contributed by atoms with Crippen molar-refractivity contribution in [3.63, 3.8) is 0 Å². The molecule has 3 aliphatic rings. The highest BCUT2D eigenvalue weighted by Crippen LogP contribution is 2.34. The molecular formula is C19H27N3O3S. The maximum absolute atomic E-state index is 12.9. The minimum Gasteiger partial charge on any atom is -0.379 e. The standard InChI is InChI=1S/C19H27N3O3S/c1-13-16-14(3-2-4-15(16)23)21-17(13)18(24)20-11-19(5-10-26-12-19)22-6-8-25-9-7-22/h21H,2-12H2,1H3,(H,20,24). The van der Waals surface area contributed by atoms with E-state index < -0.39 is 0 Å². The number of aryl methyl sites for hydroxylation is 1. The molecule has 3 heterocycles. The summed E-state index contributed by atoms with van der Waals surface area (Å²) in [5, 5.41) is 3.17. The Morgan fingerprint density at radius 1 is 1.35 bits per heavy atom. The van der Waals surface area contributed by atoms with Gasteiger partial charge >= 0.3 is 0 Å². The lowest BCUT2D eigenvalue weighted by atomic mass is 9.93. The van der Waals surface area contributed by atoms with E-state index in [0.29, 0.717) is 18.7 Å². The van der Waals surface area contributed by atoms with Crippen LogP contribution in [-0.2, 0) is 11.2 Å². The number of nitrogens with one attached hydrogen (secondary N) is 2. The van der Waals surface area contributed by atoms with Crippen molar-refractivity contribution in [2.24, 2.45) is 0 Å². The van der Waals surface area contributed by atoms with Gasteiger partial charge in [-0.3, -0.25) is 14.5 Å². The Balaban J connectivity index is 1.48. The lowest BCUT2D eigenvalue weighted by molar-refractivity contribution is -0.0129. The average Bonchev–Trinajstić information content (AvgIpc) is 3.27. The van der Waals surface area contributed by atoms with Crippen LogP contribution in [0.5, 0.6) is 0 Å². The lowest BCUT2D eigenvalue weighted by Crippen LogP contribution is -2.59. The topological polar surface area (TPSA) is 74.4 Å². The van der Waals surface area contributed by atoms with Gasteiger partial charge < -0.3 is 15.0 Å². The zero-order valence-corrected chi connectivity index (χ0v) is 16.2. The summed E-state index contributed by atoms with van der Waals surface area (Å²) in [5.41, 5.74) is 3.08. The number of hydrogen-bond donors (Lipinski definition) is 2. The number of ketones is 1. The third kappa shape index (κ3) is 3.21. The molecule has 0 bridgehead atoms. The molecule has 26 heavy (non-hydrogen) atoms. The number of aromatic nitrogens is 1. The quantitative estimate of drug-likeness (QED) is 0.837. The summed E-state index contributed by atoms with van der Waals surface area (Å²) in [7, 11) is 0. The highest BCUT2D eigenvalue weighted by Gasteiger charge is 2.41. The number of thioether (sulfide) groups is 1. The summed E-state index contributed by atoms with van der Waals surface area (Å²) in [6.45, 7) is 5.93. The summed E-state index contributed by atoms with van der Waals surface area (Å²) >= 11 is 1.96.